The molecule has 0 radical (unpaired) electrons. The number of benzene rings is 1. The average Bonchev–Trinajstić information content (AvgIpc) is 2.80. The number of primary sulfonamides is 1. The Balaban J connectivity index is 2.55. The molecule has 18 heavy (non-hydrogen) atoms. The number of nitrogens with zero attached hydrogens (tertiary/aromatic N) is 2. The quantitative estimate of drug-likeness (QED) is 0.647. The summed E-state index contributed by atoms with van der Waals surface area (Å²) in [6.07, 6.45) is 1.95. The zero-order valence-electron chi connectivity index (χ0n) is 9.57. The lowest BCUT2D eigenvalue weighted by molar-refractivity contribution is -0.385. The van der Waals surface area contributed by atoms with Crippen LogP contribution in [-0.4, -0.2) is 26.4 Å². The summed E-state index contributed by atoms with van der Waals surface area (Å²) in [4.78, 5) is 11.7. The Hall–Kier alpha value is -1.67. The normalized spacial score (nSPS) is 15.9. The maximum Gasteiger partial charge on any atom is 0.270 e. The first-order valence-corrected chi connectivity index (χ1v) is 7.00. The van der Waals surface area contributed by atoms with Crippen LogP contribution >= 0.6 is 0 Å². The second kappa shape index (κ2) is 4.54. The van der Waals surface area contributed by atoms with Crippen molar-refractivity contribution in [3.63, 3.8) is 0 Å². The van der Waals surface area contributed by atoms with Crippen LogP contribution in [0.4, 0.5) is 11.4 Å². The summed E-state index contributed by atoms with van der Waals surface area (Å²) in [5, 5.41) is 15.8. The van der Waals surface area contributed by atoms with Crippen molar-refractivity contribution >= 4 is 21.4 Å². The minimum Gasteiger partial charge on any atom is -0.370 e. The molecule has 7 nitrogen and oxygen atoms in total. The van der Waals surface area contributed by atoms with Gasteiger partial charge in [-0.15, -0.1) is 0 Å². The first-order chi connectivity index (χ1) is 8.39. The zero-order valence-corrected chi connectivity index (χ0v) is 10.4. The molecule has 0 aromatic heterocycles. The molecule has 0 amide bonds. The molecule has 1 saturated heterocycles. The first-order valence-electron chi connectivity index (χ1n) is 5.46. The summed E-state index contributed by atoms with van der Waals surface area (Å²) in [7, 11) is -3.97. The van der Waals surface area contributed by atoms with Gasteiger partial charge in [0.2, 0.25) is 10.0 Å². The van der Waals surface area contributed by atoms with Crippen LogP contribution < -0.4 is 10.0 Å². The van der Waals surface area contributed by atoms with Crippen molar-refractivity contribution in [1.29, 1.82) is 0 Å². The van der Waals surface area contributed by atoms with Crippen LogP contribution in [-0.2, 0) is 10.0 Å². The van der Waals surface area contributed by atoms with Crippen LogP contribution in [0, 0.1) is 10.1 Å². The van der Waals surface area contributed by atoms with Gasteiger partial charge in [0.05, 0.1) is 10.6 Å². The van der Waals surface area contributed by atoms with Crippen molar-refractivity contribution in [2.45, 2.75) is 17.7 Å². The van der Waals surface area contributed by atoms with Crippen LogP contribution in [0.25, 0.3) is 0 Å². The molecule has 0 spiro atoms. The predicted molar refractivity (Wildman–Crippen MR) is 65.9 cm³/mol. The van der Waals surface area contributed by atoms with Gasteiger partial charge in [0.15, 0.2) is 0 Å². The van der Waals surface area contributed by atoms with Gasteiger partial charge in [-0.3, -0.25) is 10.1 Å². The largest absolute Gasteiger partial charge is 0.370 e. The molecule has 98 valence electrons. The molecule has 0 bridgehead atoms. The predicted octanol–water partition coefficient (Wildman–Crippen LogP) is 0.842. The van der Waals surface area contributed by atoms with Gasteiger partial charge in [-0.1, -0.05) is 0 Å². The number of hydrogen-bond donors (Lipinski definition) is 1. The molecular weight excluding hydrogens is 258 g/mol. The Labute approximate surface area is 104 Å². The maximum absolute atomic E-state index is 11.5. The summed E-state index contributed by atoms with van der Waals surface area (Å²) in [6.45, 7) is 1.47. The van der Waals surface area contributed by atoms with Crippen LogP contribution in [0.2, 0.25) is 0 Å². The van der Waals surface area contributed by atoms with Crippen molar-refractivity contribution < 1.29 is 13.3 Å². The Morgan fingerprint density at radius 2 is 1.89 bits per heavy atom. The minimum absolute atomic E-state index is 0.182. The van der Waals surface area contributed by atoms with E-state index in [0.29, 0.717) is 5.69 Å². The number of non-ortho nitro benzene ring substituents is 1. The third kappa shape index (κ3) is 2.44. The van der Waals surface area contributed by atoms with Gasteiger partial charge in [-0.05, 0) is 18.9 Å². The summed E-state index contributed by atoms with van der Waals surface area (Å²) in [6, 6.07) is 3.76. The van der Waals surface area contributed by atoms with E-state index in [1.807, 2.05) is 4.90 Å². The van der Waals surface area contributed by atoms with E-state index in [0.717, 1.165) is 32.0 Å². The fourth-order valence-electron chi connectivity index (χ4n) is 2.06. The van der Waals surface area contributed by atoms with E-state index in [-0.39, 0.29) is 10.6 Å². The van der Waals surface area contributed by atoms with Crippen molar-refractivity contribution in [1.82, 2.24) is 0 Å². The van der Waals surface area contributed by atoms with E-state index in [2.05, 4.69) is 0 Å². The molecule has 0 atom stereocenters. The van der Waals surface area contributed by atoms with Crippen LogP contribution in [0.5, 0.6) is 0 Å². The molecule has 8 heteroatoms. The number of anilines is 1. The Morgan fingerprint density at radius 3 is 2.39 bits per heavy atom. The molecule has 2 rings (SSSR count). The number of nitro benzene ring substituents is 1. The average molecular weight is 271 g/mol. The van der Waals surface area contributed by atoms with Gasteiger partial charge in [0.1, 0.15) is 4.90 Å². The van der Waals surface area contributed by atoms with Gasteiger partial charge in [0.25, 0.3) is 5.69 Å². The number of hydrogen-bond acceptors (Lipinski definition) is 5. The number of nitrogens with two attached hydrogens (primary N) is 1. The Morgan fingerprint density at radius 1 is 1.28 bits per heavy atom. The van der Waals surface area contributed by atoms with E-state index in [1.54, 1.807) is 0 Å². The third-order valence-electron chi connectivity index (χ3n) is 2.91. The van der Waals surface area contributed by atoms with Crippen LogP contribution in [0.1, 0.15) is 12.8 Å². The summed E-state index contributed by atoms with van der Waals surface area (Å²) >= 11 is 0. The monoisotopic (exact) mass is 271 g/mol. The Bertz CT molecular complexity index is 579. The molecule has 0 aliphatic carbocycles. The molecule has 1 aliphatic rings. The molecule has 1 aromatic rings. The van der Waals surface area contributed by atoms with E-state index < -0.39 is 14.9 Å². The highest BCUT2D eigenvalue weighted by Gasteiger charge is 2.23. The second-order valence-electron chi connectivity index (χ2n) is 4.15. The van der Waals surface area contributed by atoms with Gasteiger partial charge >= 0.3 is 0 Å². The van der Waals surface area contributed by atoms with Crippen molar-refractivity contribution in [3.8, 4) is 0 Å². The van der Waals surface area contributed by atoms with E-state index in [4.69, 9.17) is 5.14 Å². The highest BCUT2D eigenvalue weighted by molar-refractivity contribution is 7.89. The highest BCUT2D eigenvalue weighted by atomic mass is 32.2. The molecule has 1 aromatic carbocycles. The molecule has 1 fully saturated rings. The SMILES string of the molecule is NS(=O)(=O)c1cc([N+](=O)[O-])ccc1N1CCCC1. The minimum atomic E-state index is -3.97. The number of sulfonamides is 1. The van der Waals surface area contributed by atoms with Crippen LogP contribution in [0.15, 0.2) is 23.1 Å². The van der Waals surface area contributed by atoms with Crippen molar-refractivity contribution in [3.05, 3.63) is 28.3 Å². The lowest BCUT2D eigenvalue weighted by Gasteiger charge is -2.20. The van der Waals surface area contributed by atoms with Gasteiger partial charge < -0.3 is 4.90 Å². The first kappa shape index (κ1) is 12.8. The fraction of sp³-hybridized carbons (Fsp3) is 0.400. The van der Waals surface area contributed by atoms with E-state index in [9.17, 15) is 18.5 Å². The lowest BCUT2D eigenvalue weighted by Crippen LogP contribution is -2.23. The summed E-state index contributed by atoms with van der Waals surface area (Å²) in [5.41, 5.74) is 0.169. The zero-order chi connectivity index (χ0) is 13.3. The number of nitro groups is 1. The topological polar surface area (TPSA) is 107 Å². The number of rotatable bonds is 3. The Kier molecular flexibility index (Phi) is 3.22. The summed E-state index contributed by atoms with van der Waals surface area (Å²) in [5.74, 6) is 0. The van der Waals surface area contributed by atoms with Gasteiger partial charge in [0, 0.05) is 25.2 Å². The third-order valence-corrected chi connectivity index (χ3v) is 3.85. The molecule has 2 N–H and O–H groups in total. The molecule has 1 heterocycles. The smallest absolute Gasteiger partial charge is 0.270 e. The molecular formula is C10H13N3O4S. The molecule has 1 aliphatic heterocycles. The van der Waals surface area contributed by atoms with Crippen molar-refractivity contribution in [2.24, 2.45) is 5.14 Å². The van der Waals surface area contributed by atoms with Gasteiger partial charge in [-0.2, -0.15) is 0 Å². The maximum atomic E-state index is 11.5. The lowest BCUT2D eigenvalue weighted by atomic mass is 10.2. The van der Waals surface area contributed by atoms with Gasteiger partial charge in [-0.25, -0.2) is 13.6 Å². The highest BCUT2D eigenvalue weighted by Crippen LogP contribution is 2.30. The molecule has 0 unspecified atom stereocenters. The fourth-order valence-corrected chi connectivity index (χ4v) is 2.84. The van der Waals surface area contributed by atoms with Crippen LogP contribution in [0.3, 0.4) is 0 Å². The summed E-state index contributed by atoms with van der Waals surface area (Å²) < 4.78 is 23.0. The van der Waals surface area contributed by atoms with E-state index in [1.165, 1.54) is 12.1 Å². The second-order valence-corrected chi connectivity index (χ2v) is 5.68. The molecule has 0 saturated carbocycles. The standard InChI is InChI=1S/C10H13N3O4S/c11-18(16,17)10-7-8(13(14)15)3-4-9(10)12-5-1-2-6-12/h3-4,7H,1-2,5-6H2,(H2,11,16,17). The van der Waals surface area contributed by atoms with E-state index >= 15 is 0 Å². The van der Waals surface area contributed by atoms with Crippen molar-refractivity contribution in [2.75, 3.05) is 18.0 Å².